The number of rotatable bonds is 2. The molecule has 4 aliphatic rings. The van der Waals surface area contributed by atoms with E-state index in [4.69, 9.17) is 0 Å². The van der Waals surface area contributed by atoms with Gasteiger partial charge < -0.3 is 0 Å². The van der Waals surface area contributed by atoms with Gasteiger partial charge in [-0.3, -0.25) is 0 Å². The predicted octanol–water partition coefficient (Wildman–Crippen LogP) is 6.44. The van der Waals surface area contributed by atoms with Crippen molar-refractivity contribution >= 4 is 0 Å². The van der Waals surface area contributed by atoms with Crippen molar-refractivity contribution in [2.45, 2.75) is 91.5 Å². The lowest BCUT2D eigenvalue weighted by molar-refractivity contribution is -0.115. The molecule has 4 fully saturated rings. The van der Waals surface area contributed by atoms with E-state index in [0.717, 1.165) is 48.3 Å². The summed E-state index contributed by atoms with van der Waals surface area (Å²) >= 11 is 0. The van der Waals surface area contributed by atoms with Crippen LogP contribution in [0.5, 0.6) is 0 Å². The molecule has 0 amide bonds. The number of hydrogen-bond donors (Lipinski definition) is 0. The Bertz CT molecular complexity index is 502. The molecule has 0 bridgehead atoms. The van der Waals surface area contributed by atoms with Crippen molar-refractivity contribution in [1.29, 1.82) is 0 Å². The molecular formula is C22H37NO. The van der Waals surface area contributed by atoms with Crippen LogP contribution in [0.2, 0.25) is 0 Å². The smallest absolute Gasteiger partial charge is 0.0922 e. The van der Waals surface area contributed by atoms with Gasteiger partial charge in [0.15, 0.2) is 0 Å². The van der Waals surface area contributed by atoms with Gasteiger partial charge >= 0.3 is 0 Å². The van der Waals surface area contributed by atoms with Gasteiger partial charge in [0.05, 0.1) is 6.04 Å². The van der Waals surface area contributed by atoms with Gasteiger partial charge in [0.25, 0.3) is 0 Å². The normalized spacial score (nSPS) is 54.0. The van der Waals surface area contributed by atoms with Crippen LogP contribution in [-0.4, -0.2) is 6.04 Å². The molecule has 4 saturated carbocycles. The van der Waals surface area contributed by atoms with Gasteiger partial charge in [-0.1, -0.05) is 32.9 Å². The lowest BCUT2D eigenvalue weighted by atomic mass is 9.44. The summed E-state index contributed by atoms with van der Waals surface area (Å²) in [5.41, 5.74) is 1.11. The van der Waals surface area contributed by atoms with E-state index in [9.17, 15) is 4.91 Å². The van der Waals surface area contributed by atoms with Gasteiger partial charge in [-0.15, -0.1) is 0 Å². The second-order valence-corrected chi connectivity index (χ2v) is 10.7. The first-order valence-corrected chi connectivity index (χ1v) is 10.7. The number of hydrogen-bond acceptors (Lipinski definition) is 2. The fourth-order valence-electron chi connectivity index (χ4n) is 8.47. The summed E-state index contributed by atoms with van der Waals surface area (Å²) in [5, 5.41) is 3.42. The van der Waals surface area contributed by atoms with Gasteiger partial charge in [0, 0.05) is 0 Å². The maximum atomic E-state index is 11.1. The van der Waals surface area contributed by atoms with Crippen molar-refractivity contribution in [3.63, 3.8) is 0 Å². The Labute approximate surface area is 148 Å². The summed E-state index contributed by atoms with van der Waals surface area (Å²) in [6, 6.07) is 0.116. The van der Waals surface area contributed by atoms with Crippen LogP contribution in [0.1, 0.15) is 85.5 Å². The van der Waals surface area contributed by atoms with Crippen molar-refractivity contribution in [2.24, 2.45) is 51.5 Å². The van der Waals surface area contributed by atoms with Crippen LogP contribution in [0.25, 0.3) is 0 Å². The molecule has 2 heteroatoms. The standard InChI is InChI=1S/C22H37NO/c1-14(2)18-7-8-19-17-6-5-15-13-16(23-24)9-11-21(15,3)20(17)10-12-22(18,19)4/h14-20H,5-13H2,1-4H3. The van der Waals surface area contributed by atoms with Crippen LogP contribution < -0.4 is 0 Å². The zero-order chi connectivity index (χ0) is 17.1. The third-order valence-corrected chi connectivity index (χ3v) is 9.67. The molecule has 4 rings (SSSR count). The van der Waals surface area contributed by atoms with Gasteiger partial charge in [0.2, 0.25) is 0 Å². The van der Waals surface area contributed by atoms with Crippen LogP contribution in [-0.2, 0) is 0 Å². The van der Waals surface area contributed by atoms with Crippen LogP contribution in [0.4, 0.5) is 0 Å². The van der Waals surface area contributed by atoms with Gasteiger partial charge in [-0.2, -0.15) is 4.91 Å². The highest BCUT2D eigenvalue weighted by molar-refractivity contribution is 5.09. The maximum Gasteiger partial charge on any atom is 0.0922 e. The van der Waals surface area contributed by atoms with E-state index >= 15 is 0 Å². The molecule has 0 aromatic rings. The predicted molar refractivity (Wildman–Crippen MR) is 99.6 cm³/mol. The van der Waals surface area contributed by atoms with Gasteiger partial charge in [-0.25, -0.2) is 0 Å². The third-order valence-electron chi connectivity index (χ3n) is 9.67. The lowest BCUT2D eigenvalue weighted by Crippen LogP contribution is -2.54. The topological polar surface area (TPSA) is 29.4 Å². The number of nitrogens with zero attached hydrogens (tertiary/aromatic N) is 1. The van der Waals surface area contributed by atoms with Gasteiger partial charge in [-0.05, 0) is 104 Å². The average Bonchev–Trinajstić information content (AvgIpc) is 2.91. The molecule has 0 spiro atoms. The average molecular weight is 332 g/mol. The van der Waals surface area contributed by atoms with E-state index in [1.165, 1.54) is 44.9 Å². The van der Waals surface area contributed by atoms with Crippen molar-refractivity contribution in [3.8, 4) is 0 Å². The first kappa shape index (κ1) is 17.0. The summed E-state index contributed by atoms with van der Waals surface area (Å²) in [7, 11) is 0. The van der Waals surface area contributed by atoms with E-state index in [1.807, 2.05) is 0 Å². The molecule has 0 radical (unpaired) electrons. The quantitative estimate of drug-likeness (QED) is 0.536. The first-order valence-electron chi connectivity index (χ1n) is 10.7. The molecule has 8 atom stereocenters. The highest BCUT2D eigenvalue weighted by Gasteiger charge is 2.60. The van der Waals surface area contributed by atoms with Crippen molar-refractivity contribution < 1.29 is 0 Å². The van der Waals surface area contributed by atoms with E-state index in [-0.39, 0.29) is 6.04 Å². The largest absolute Gasteiger partial charge is 0.151 e. The molecule has 0 aliphatic heterocycles. The molecule has 0 aromatic carbocycles. The third kappa shape index (κ3) is 2.27. The second kappa shape index (κ2) is 5.81. The lowest BCUT2D eigenvalue weighted by Gasteiger charge is -2.61. The minimum Gasteiger partial charge on any atom is -0.151 e. The molecule has 4 aliphatic carbocycles. The molecule has 136 valence electrons. The monoisotopic (exact) mass is 331 g/mol. The molecule has 2 nitrogen and oxygen atoms in total. The minimum atomic E-state index is 0.116. The summed E-state index contributed by atoms with van der Waals surface area (Å²) in [4.78, 5) is 11.1. The Kier molecular flexibility index (Phi) is 4.12. The first-order chi connectivity index (χ1) is 11.4. The Morgan fingerprint density at radius 1 is 0.875 bits per heavy atom. The van der Waals surface area contributed by atoms with E-state index in [0.29, 0.717) is 10.8 Å². The van der Waals surface area contributed by atoms with Crippen LogP contribution in [0.15, 0.2) is 5.18 Å². The summed E-state index contributed by atoms with van der Waals surface area (Å²) in [6.45, 7) is 10.1. The fourth-order valence-corrected chi connectivity index (χ4v) is 8.47. The molecule has 0 N–H and O–H groups in total. The Hall–Kier alpha value is -0.400. The van der Waals surface area contributed by atoms with Crippen LogP contribution in [0.3, 0.4) is 0 Å². The number of fused-ring (bicyclic) bond motifs is 5. The Morgan fingerprint density at radius 3 is 2.29 bits per heavy atom. The molecular weight excluding hydrogens is 294 g/mol. The van der Waals surface area contributed by atoms with Crippen LogP contribution >= 0.6 is 0 Å². The maximum absolute atomic E-state index is 11.1. The zero-order valence-electron chi connectivity index (χ0n) is 16.3. The fraction of sp³-hybridized carbons (Fsp3) is 1.00. The van der Waals surface area contributed by atoms with Crippen LogP contribution in [0, 0.1) is 51.2 Å². The summed E-state index contributed by atoms with van der Waals surface area (Å²) in [5.74, 6) is 5.43. The molecule has 24 heavy (non-hydrogen) atoms. The van der Waals surface area contributed by atoms with E-state index in [1.54, 1.807) is 0 Å². The Balaban J connectivity index is 1.59. The second-order valence-electron chi connectivity index (χ2n) is 10.7. The van der Waals surface area contributed by atoms with Gasteiger partial charge in [0.1, 0.15) is 0 Å². The van der Waals surface area contributed by atoms with E-state index < -0.39 is 0 Å². The minimum absolute atomic E-state index is 0.116. The summed E-state index contributed by atoms with van der Waals surface area (Å²) in [6.07, 6.45) is 12.1. The Morgan fingerprint density at radius 2 is 1.58 bits per heavy atom. The molecule has 0 saturated heterocycles. The van der Waals surface area contributed by atoms with Crippen molar-refractivity contribution in [2.75, 3.05) is 0 Å². The highest BCUT2D eigenvalue weighted by atomic mass is 16.3. The highest BCUT2D eigenvalue weighted by Crippen LogP contribution is 2.68. The molecule has 8 unspecified atom stereocenters. The molecule has 0 aromatic heterocycles. The molecule has 0 heterocycles. The van der Waals surface area contributed by atoms with Crippen molar-refractivity contribution in [1.82, 2.24) is 0 Å². The van der Waals surface area contributed by atoms with Crippen molar-refractivity contribution in [3.05, 3.63) is 4.91 Å². The SMILES string of the molecule is CC(C)C1CCC2C3CCC4CC(N=O)CCC4(C)C3CCC12C. The van der Waals surface area contributed by atoms with E-state index in [2.05, 4.69) is 32.9 Å². The zero-order valence-corrected chi connectivity index (χ0v) is 16.3. The summed E-state index contributed by atoms with van der Waals surface area (Å²) < 4.78 is 0. The number of nitroso groups, excluding NO2 is 1.